The van der Waals surface area contributed by atoms with E-state index >= 15 is 0 Å². The third-order valence-corrected chi connectivity index (χ3v) is 5.11. The van der Waals surface area contributed by atoms with Crippen molar-refractivity contribution < 1.29 is 39.7 Å². The highest BCUT2D eigenvalue weighted by Gasteiger charge is 2.38. The fourth-order valence-corrected chi connectivity index (χ4v) is 3.39. The van der Waals surface area contributed by atoms with Gasteiger partial charge in [0, 0.05) is 11.9 Å². The first-order valence-corrected chi connectivity index (χ1v) is 9.42. The zero-order valence-corrected chi connectivity index (χ0v) is 16.3. The predicted molar refractivity (Wildman–Crippen MR) is 94.5 cm³/mol. The van der Waals surface area contributed by atoms with Gasteiger partial charge in [-0.3, -0.25) is 4.79 Å². The molecule has 2 rings (SSSR count). The minimum Gasteiger partial charge on any atom is -0.334 e. The number of nitrogens with one attached hydrogen (secondary N) is 2. The van der Waals surface area contributed by atoms with Crippen molar-refractivity contribution in [3.05, 3.63) is 47.3 Å². The molecule has 14 heteroatoms. The molecule has 0 saturated carbocycles. The van der Waals surface area contributed by atoms with E-state index in [1.165, 1.54) is 6.07 Å². The van der Waals surface area contributed by atoms with Gasteiger partial charge in [0.05, 0.1) is 12.1 Å². The number of nitriles is 1. The summed E-state index contributed by atoms with van der Waals surface area (Å²) in [5, 5.41) is 10.9. The van der Waals surface area contributed by atoms with E-state index in [4.69, 9.17) is 5.26 Å². The second-order valence-corrected chi connectivity index (χ2v) is 7.32. The number of carbonyl (C=O) groups excluding carboxylic acids is 1. The van der Waals surface area contributed by atoms with Crippen LogP contribution in [0.1, 0.15) is 23.0 Å². The van der Waals surface area contributed by atoms with Crippen molar-refractivity contribution in [1.82, 2.24) is 9.29 Å². The van der Waals surface area contributed by atoms with Crippen LogP contribution in [0.25, 0.3) is 0 Å². The second kappa shape index (κ2) is 9.48. The summed E-state index contributed by atoms with van der Waals surface area (Å²) < 4.78 is 106. The van der Waals surface area contributed by atoms with Gasteiger partial charge in [-0.25, -0.2) is 26.5 Å². The van der Waals surface area contributed by atoms with E-state index in [9.17, 15) is 39.7 Å². The molecule has 2 atom stereocenters. The minimum absolute atomic E-state index is 0.182. The van der Waals surface area contributed by atoms with Crippen LogP contribution in [0.3, 0.4) is 0 Å². The molecule has 0 radical (unpaired) electrons. The molecule has 0 spiro atoms. The molecule has 1 aromatic carbocycles. The summed E-state index contributed by atoms with van der Waals surface area (Å²) in [6.07, 6.45) is -7.37. The van der Waals surface area contributed by atoms with Gasteiger partial charge < -0.3 is 9.88 Å². The van der Waals surface area contributed by atoms with Crippen molar-refractivity contribution in [2.75, 3.05) is 5.32 Å². The van der Waals surface area contributed by atoms with Crippen LogP contribution in [0.15, 0.2) is 29.3 Å². The van der Waals surface area contributed by atoms with Gasteiger partial charge in [-0.05, 0) is 25.1 Å². The number of hydrogen-bond donors (Lipinski definition) is 2. The summed E-state index contributed by atoms with van der Waals surface area (Å²) in [7, 11) is -2.83. The van der Waals surface area contributed by atoms with Gasteiger partial charge in [-0.1, -0.05) is 0 Å². The molecule has 31 heavy (non-hydrogen) atoms. The van der Waals surface area contributed by atoms with E-state index in [0.29, 0.717) is 17.7 Å². The Kier molecular flexibility index (Phi) is 7.45. The highest BCUT2D eigenvalue weighted by atomic mass is 32.2. The quantitative estimate of drug-likeness (QED) is 0.605. The number of amides is 1. The number of anilines is 1. The van der Waals surface area contributed by atoms with Crippen molar-refractivity contribution in [3.8, 4) is 6.07 Å². The summed E-state index contributed by atoms with van der Waals surface area (Å²) in [6, 6.07) is 1.91. The average Bonchev–Trinajstić information content (AvgIpc) is 2.97. The smallest absolute Gasteiger partial charge is 0.334 e. The number of alkyl halides is 5. The molecule has 168 valence electrons. The molecule has 0 fully saturated rings. The maximum absolute atomic E-state index is 14.8. The lowest BCUT2D eigenvalue weighted by Gasteiger charge is -2.15. The minimum atomic E-state index is -4.82. The molecule has 0 aliphatic heterocycles. The maximum Gasteiger partial charge on any atom is 0.404 e. The van der Waals surface area contributed by atoms with Gasteiger partial charge >= 0.3 is 6.18 Å². The molecule has 1 heterocycles. The molecule has 2 unspecified atom stereocenters. The molecule has 2 N–H and O–H groups in total. The van der Waals surface area contributed by atoms with Crippen molar-refractivity contribution in [3.63, 3.8) is 0 Å². The number of halogens is 7. The Morgan fingerprint density at radius 3 is 2.48 bits per heavy atom. The number of aromatic nitrogens is 1. The number of nitrogens with zero attached hydrogens (tertiary/aromatic N) is 2. The number of benzene rings is 1. The molecule has 0 aliphatic carbocycles. The van der Waals surface area contributed by atoms with Crippen LogP contribution in [-0.2, 0) is 17.5 Å². The average molecular weight is 470 g/mol. The third-order valence-electron chi connectivity index (χ3n) is 3.85. The summed E-state index contributed by atoms with van der Waals surface area (Å²) in [5.41, 5.74) is -1.68. The number of rotatable bonds is 7. The van der Waals surface area contributed by atoms with E-state index in [0.717, 1.165) is 18.2 Å². The SMILES string of the molecule is CC(NS(=O)c1cn(CC(F)F)c(C(=O)Nc2ccc(F)c(C#N)c2)c1F)C(F)(F)F. The Morgan fingerprint density at radius 1 is 1.29 bits per heavy atom. The van der Waals surface area contributed by atoms with Gasteiger partial charge in [-0.2, -0.15) is 18.4 Å². The summed E-state index contributed by atoms with van der Waals surface area (Å²) >= 11 is 0. The molecule has 0 aliphatic rings. The topological polar surface area (TPSA) is 86.9 Å². The first-order valence-electron chi connectivity index (χ1n) is 8.27. The van der Waals surface area contributed by atoms with Crippen LogP contribution < -0.4 is 10.0 Å². The zero-order valence-electron chi connectivity index (χ0n) is 15.4. The lowest BCUT2D eigenvalue weighted by atomic mass is 10.2. The predicted octanol–water partition coefficient (Wildman–Crippen LogP) is 3.72. The Balaban J connectivity index is 2.40. The first-order chi connectivity index (χ1) is 14.3. The second-order valence-electron chi connectivity index (χ2n) is 6.11. The van der Waals surface area contributed by atoms with Gasteiger partial charge in [0.25, 0.3) is 12.3 Å². The molecule has 1 amide bonds. The van der Waals surface area contributed by atoms with Crippen molar-refractivity contribution in [2.24, 2.45) is 0 Å². The highest BCUT2D eigenvalue weighted by molar-refractivity contribution is 7.83. The van der Waals surface area contributed by atoms with Gasteiger partial charge in [-0.15, -0.1) is 0 Å². The molecular weight excluding hydrogens is 457 g/mol. The Bertz CT molecular complexity index is 1050. The van der Waals surface area contributed by atoms with Crippen LogP contribution >= 0.6 is 0 Å². The normalized spacial score (nSPS) is 13.7. The highest BCUT2D eigenvalue weighted by Crippen LogP contribution is 2.25. The molecule has 6 nitrogen and oxygen atoms in total. The molecule has 0 bridgehead atoms. The van der Waals surface area contributed by atoms with Crippen LogP contribution in [0, 0.1) is 23.0 Å². The maximum atomic E-state index is 14.8. The summed E-state index contributed by atoms with van der Waals surface area (Å²) in [4.78, 5) is 11.5. The Labute approximate surface area is 173 Å². The van der Waals surface area contributed by atoms with E-state index in [-0.39, 0.29) is 5.69 Å². The first kappa shape index (κ1) is 24.4. The van der Waals surface area contributed by atoms with E-state index in [1.54, 1.807) is 4.72 Å². The van der Waals surface area contributed by atoms with E-state index in [1.807, 2.05) is 0 Å². The monoisotopic (exact) mass is 470 g/mol. The lowest BCUT2D eigenvalue weighted by molar-refractivity contribution is -0.146. The fraction of sp³-hybridized carbons (Fsp3) is 0.294. The van der Waals surface area contributed by atoms with Crippen LogP contribution in [0.4, 0.5) is 36.4 Å². The van der Waals surface area contributed by atoms with E-state index < -0.39 is 69.9 Å². The molecular formula is C17H13F7N4O2S. The Hall–Kier alpha value is -2.92. The van der Waals surface area contributed by atoms with Crippen LogP contribution in [0.5, 0.6) is 0 Å². The van der Waals surface area contributed by atoms with Gasteiger partial charge in [0.15, 0.2) is 5.82 Å². The molecule has 1 aromatic heterocycles. The van der Waals surface area contributed by atoms with E-state index in [2.05, 4.69) is 5.32 Å². The number of carbonyl (C=O) groups is 1. The standard InChI is InChI=1S/C17H13F7N4O2S/c1-8(17(22,23)24)27-31(30)12-6-28(7-13(19)20)15(14(12)21)16(29)26-10-2-3-11(18)9(4-10)5-25/h2-4,6,8,13,27H,7H2,1H3,(H,26,29). The fourth-order valence-electron chi connectivity index (χ4n) is 2.33. The molecule has 0 saturated heterocycles. The van der Waals surface area contributed by atoms with Crippen LogP contribution in [-0.4, -0.2) is 33.3 Å². The largest absolute Gasteiger partial charge is 0.404 e. The summed E-state index contributed by atoms with van der Waals surface area (Å²) in [6.45, 7) is -0.612. The number of hydrogen-bond acceptors (Lipinski definition) is 3. The van der Waals surface area contributed by atoms with Crippen molar-refractivity contribution in [2.45, 2.75) is 37.0 Å². The van der Waals surface area contributed by atoms with Crippen molar-refractivity contribution >= 4 is 22.6 Å². The van der Waals surface area contributed by atoms with Crippen LogP contribution in [0.2, 0.25) is 0 Å². The Morgan fingerprint density at radius 2 is 1.94 bits per heavy atom. The summed E-state index contributed by atoms with van der Waals surface area (Å²) in [5.74, 6) is -3.82. The molecule has 2 aromatic rings. The van der Waals surface area contributed by atoms with Gasteiger partial charge in [0.1, 0.15) is 39.5 Å². The van der Waals surface area contributed by atoms with Gasteiger partial charge in [0.2, 0.25) is 0 Å². The lowest BCUT2D eigenvalue weighted by Crippen LogP contribution is -2.40. The zero-order chi connectivity index (χ0) is 23.5. The third kappa shape index (κ3) is 5.82. The van der Waals surface area contributed by atoms with Crippen molar-refractivity contribution in [1.29, 1.82) is 5.26 Å².